The standard InChI is InChI=1S/C8H16N2O.C7H12O/c1-10-4-2-7(3-5-10)6-8(9)11;1-6(8)7-4-2-3-5-7/h7H,2-6H2,1H3,(H2,9,11);7H,2-5H2,1H3. The van der Waals surface area contributed by atoms with Crippen molar-refractivity contribution in [2.45, 2.75) is 51.9 Å². The first-order valence-electron chi connectivity index (χ1n) is 7.46. The highest BCUT2D eigenvalue weighted by Gasteiger charge is 2.18. The quantitative estimate of drug-likeness (QED) is 0.851. The van der Waals surface area contributed by atoms with E-state index in [1.807, 2.05) is 0 Å². The van der Waals surface area contributed by atoms with Crippen LogP contribution in [0.2, 0.25) is 0 Å². The van der Waals surface area contributed by atoms with Crippen LogP contribution in [-0.4, -0.2) is 36.7 Å². The number of piperidine rings is 1. The van der Waals surface area contributed by atoms with Crippen molar-refractivity contribution in [2.75, 3.05) is 20.1 Å². The maximum absolute atomic E-state index is 10.6. The Bertz CT molecular complexity index is 291. The summed E-state index contributed by atoms with van der Waals surface area (Å²) >= 11 is 0. The molecule has 0 bridgehead atoms. The van der Waals surface area contributed by atoms with Gasteiger partial charge < -0.3 is 10.6 Å². The molecule has 2 N–H and O–H groups in total. The lowest BCUT2D eigenvalue weighted by Crippen LogP contribution is -2.32. The van der Waals surface area contributed by atoms with E-state index in [0.717, 1.165) is 38.8 Å². The number of rotatable bonds is 3. The maximum Gasteiger partial charge on any atom is 0.217 e. The Morgan fingerprint density at radius 2 is 1.63 bits per heavy atom. The number of primary amides is 1. The molecule has 2 aliphatic rings. The fourth-order valence-corrected chi connectivity index (χ4v) is 2.88. The van der Waals surface area contributed by atoms with E-state index in [4.69, 9.17) is 5.73 Å². The third-order valence-electron chi connectivity index (χ3n) is 4.26. The second kappa shape index (κ2) is 8.31. The summed E-state index contributed by atoms with van der Waals surface area (Å²) in [4.78, 5) is 23.5. The zero-order chi connectivity index (χ0) is 14.3. The fraction of sp³-hybridized carbons (Fsp3) is 0.867. The third kappa shape index (κ3) is 6.71. The van der Waals surface area contributed by atoms with Crippen molar-refractivity contribution in [3.8, 4) is 0 Å². The average molecular weight is 268 g/mol. The van der Waals surface area contributed by atoms with Gasteiger partial charge in [-0.15, -0.1) is 0 Å². The number of Topliss-reactive ketones (excluding diaryl/α,β-unsaturated/α-hetero) is 1. The van der Waals surface area contributed by atoms with Crippen LogP contribution in [0.1, 0.15) is 51.9 Å². The minimum Gasteiger partial charge on any atom is -0.370 e. The zero-order valence-electron chi connectivity index (χ0n) is 12.4. The van der Waals surface area contributed by atoms with Crippen LogP contribution in [-0.2, 0) is 9.59 Å². The molecule has 19 heavy (non-hydrogen) atoms. The summed E-state index contributed by atoms with van der Waals surface area (Å²) in [5.41, 5.74) is 5.11. The summed E-state index contributed by atoms with van der Waals surface area (Å²) in [5.74, 6) is 1.21. The number of nitrogens with two attached hydrogens (primary N) is 1. The van der Waals surface area contributed by atoms with Gasteiger partial charge in [0.05, 0.1) is 0 Å². The van der Waals surface area contributed by atoms with Crippen LogP contribution >= 0.6 is 0 Å². The summed E-state index contributed by atoms with van der Waals surface area (Å²) in [5, 5.41) is 0. The van der Waals surface area contributed by atoms with Crippen molar-refractivity contribution in [3.05, 3.63) is 0 Å². The normalized spacial score (nSPS) is 21.8. The average Bonchev–Trinajstić information content (AvgIpc) is 2.86. The van der Waals surface area contributed by atoms with Crippen molar-refractivity contribution in [2.24, 2.45) is 17.6 Å². The number of hydrogen-bond acceptors (Lipinski definition) is 3. The van der Waals surface area contributed by atoms with Crippen LogP contribution in [0.25, 0.3) is 0 Å². The highest BCUT2D eigenvalue weighted by Crippen LogP contribution is 2.24. The SMILES string of the molecule is CC(=O)C1CCCC1.CN1CCC(CC(N)=O)CC1. The van der Waals surface area contributed by atoms with Crippen molar-refractivity contribution in [1.82, 2.24) is 4.90 Å². The smallest absolute Gasteiger partial charge is 0.217 e. The summed E-state index contributed by atoms with van der Waals surface area (Å²) in [7, 11) is 2.11. The van der Waals surface area contributed by atoms with E-state index in [1.165, 1.54) is 12.8 Å². The second-order valence-corrected chi connectivity index (χ2v) is 6.01. The summed E-state index contributed by atoms with van der Waals surface area (Å²) < 4.78 is 0. The molecule has 0 spiro atoms. The number of carbonyl (C=O) groups excluding carboxylic acids is 2. The first kappa shape index (κ1) is 16.2. The predicted octanol–water partition coefficient (Wildman–Crippen LogP) is 1.97. The first-order valence-corrected chi connectivity index (χ1v) is 7.46. The predicted molar refractivity (Wildman–Crippen MR) is 76.7 cm³/mol. The molecule has 1 aliphatic heterocycles. The van der Waals surface area contributed by atoms with Gasteiger partial charge in [0, 0.05) is 12.3 Å². The summed E-state index contributed by atoms with van der Waals surface area (Å²) in [6.07, 6.45) is 7.66. The van der Waals surface area contributed by atoms with Crippen LogP contribution in [0.4, 0.5) is 0 Å². The molecule has 2 fully saturated rings. The molecule has 0 atom stereocenters. The van der Waals surface area contributed by atoms with E-state index < -0.39 is 0 Å². The third-order valence-corrected chi connectivity index (χ3v) is 4.26. The molecule has 4 nitrogen and oxygen atoms in total. The van der Waals surface area contributed by atoms with Crippen LogP contribution in [0.3, 0.4) is 0 Å². The van der Waals surface area contributed by atoms with Crippen LogP contribution < -0.4 is 5.73 Å². The Kier molecular flexibility index (Phi) is 7.06. The number of amides is 1. The van der Waals surface area contributed by atoms with E-state index in [9.17, 15) is 9.59 Å². The number of hydrogen-bond donors (Lipinski definition) is 1. The van der Waals surface area contributed by atoms with Crippen molar-refractivity contribution in [3.63, 3.8) is 0 Å². The van der Waals surface area contributed by atoms with Gasteiger partial charge in [-0.3, -0.25) is 9.59 Å². The van der Waals surface area contributed by atoms with Crippen molar-refractivity contribution >= 4 is 11.7 Å². The molecule has 0 unspecified atom stereocenters. The number of likely N-dealkylation sites (tertiary alicyclic amines) is 1. The van der Waals surface area contributed by atoms with Gasteiger partial charge in [-0.05, 0) is 58.7 Å². The molecule has 1 heterocycles. The zero-order valence-corrected chi connectivity index (χ0v) is 12.4. The number of nitrogens with zero attached hydrogens (tertiary/aromatic N) is 1. The molecule has 0 radical (unpaired) electrons. The number of carbonyl (C=O) groups is 2. The van der Waals surface area contributed by atoms with Crippen LogP contribution in [0.15, 0.2) is 0 Å². The molecule has 4 heteroatoms. The van der Waals surface area contributed by atoms with Crippen molar-refractivity contribution in [1.29, 1.82) is 0 Å². The fourth-order valence-electron chi connectivity index (χ4n) is 2.88. The lowest BCUT2D eigenvalue weighted by molar-refractivity contribution is -0.120. The highest BCUT2D eigenvalue weighted by molar-refractivity contribution is 5.78. The molecule has 2 rings (SSSR count). The largest absolute Gasteiger partial charge is 0.370 e. The van der Waals surface area contributed by atoms with Gasteiger partial charge in [-0.2, -0.15) is 0 Å². The maximum atomic E-state index is 10.6. The van der Waals surface area contributed by atoms with E-state index in [2.05, 4.69) is 11.9 Å². The van der Waals surface area contributed by atoms with Gasteiger partial charge in [0.2, 0.25) is 5.91 Å². The van der Waals surface area contributed by atoms with Gasteiger partial charge in [0.25, 0.3) is 0 Å². The Hall–Kier alpha value is -0.900. The molecule has 0 aromatic heterocycles. The molecule has 1 aliphatic carbocycles. The highest BCUT2D eigenvalue weighted by atomic mass is 16.1. The Labute approximate surface area is 116 Å². The summed E-state index contributed by atoms with van der Waals surface area (Å²) in [6.45, 7) is 3.92. The second-order valence-electron chi connectivity index (χ2n) is 6.01. The van der Waals surface area contributed by atoms with Gasteiger partial charge in [0.1, 0.15) is 5.78 Å². The first-order chi connectivity index (χ1) is 8.99. The lowest BCUT2D eigenvalue weighted by atomic mass is 9.94. The minimum atomic E-state index is -0.153. The van der Waals surface area contributed by atoms with E-state index >= 15 is 0 Å². The lowest BCUT2D eigenvalue weighted by Gasteiger charge is -2.27. The van der Waals surface area contributed by atoms with E-state index in [0.29, 0.717) is 24.0 Å². The Balaban J connectivity index is 0.000000200. The van der Waals surface area contributed by atoms with Crippen LogP contribution in [0.5, 0.6) is 0 Å². The summed E-state index contributed by atoms with van der Waals surface area (Å²) in [6, 6.07) is 0. The molecular formula is C15H28N2O2. The molecule has 110 valence electrons. The van der Waals surface area contributed by atoms with E-state index in [1.54, 1.807) is 6.92 Å². The molecule has 1 saturated heterocycles. The minimum absolute atomic E-state index is 0.153. The Morgan fingerprint density at radius 3 is 2.00 bits per heavy atom. The van der Waals surface area contributed by atoms with E-state index in [-0.39, 0.29) is 5.91 Å². The van der Waals surface area contributed by atoms with Gasteiger partial charge in [-0.1, -0.05) is 12.8 Å². The van der Waals surface area contributed by atoms with Gasteiger partial charge >= 0.3 is 0 Å². The monoisotopic (exact) mass is 268 g/mol. The van der Waals surface area contributed by atoms with Gasteiger partial charge in [0.15, 0.2) is 0 Å². The molecule has 1 saturated carbocycles. The molecule has 0 aromatic rings. The number of ketones is 1. The molecule has 1 amide bonds. The van der Waals surface area contributed by atoms with Crippen molar-refractivity contribution < 1.29 is 9.59 Å². The molecular weight excluding hydrogens is 240 g/mol. The topological polar surface area (TPSA) is 63.4 Å². The Morgan fingerprint density at radius 1 is 1.11 bits per heavy atom. The molecule has 0 aromatic carbocycles. The van der Waals surface area contributed by atoms with Crippen LogP contribution in [0, 0.1) is 11.8 Å². The van der Waals surface area contributed by atoms with Gasteiger partial charge in [-0.25, -0.2) is 0 Å².